The lowest BCUT2D eigenvalue weighted by atomic mass is 10.00. The highest BCUT2D eigenvalue weighted by molar-refractivity contribution is 14.1. The first-order valence-corrected chi connectivity index (χ1v) is 14.7. The van der Waals surface area contributed by atoms with E-state index in [0.717, 1.165) is 82.0 Å². The van der Waals surface area contributed by atoms with E-state index < -0.39 is 0 Å². The molecule has 2 aliphatic heterocycles. The number of rotatable bonds is 7. The van der Waals surface area contributed by atoms with E-state index in [-0.39, 0.29) is 6.04 Å². The molecule has 3 N–H and O–H groups in total. The van der Waals surface area contributed by atoms with E-state index >= 15 is 0 Å². The van der Waals surface area contributed by atoms with Crippen molar-refractivity contribution in [2.75, 3.05) is 50.5 Å². The number of methoxy groups -OCH3 is 1. The van der Waals surface area contributed by atoms with Crippen molar-refractivity contribution >= 4 is 39.7 Å². The lowest BCUT2D eigenvalue weighted by Crippen LogP contribution is -2.46. The zero-order valence-electron chi connectivity index (χ0n) is 23.0. The van der Waals surface area contributed by atoms with E-state index in [0.29, 0.717) is 11.7 Å². The van der Waals surface area contributed by atoms with Crippen molar-refractivity contribution in [2.45, 2.75) is 12.6 Å². The minimum atomic E-state index is 0.233. The van der Waals surface area contributed by atoms with Crippen LogP contribution in [0.15, 0.2) is 55.2 Å². The van der Waals surface area contributed by atoms with Gasteiger partial charge in [-0.05, 0) is 52.4 Å². The summed E-state index contributed by atoms with van der Waals surface area (Å²) in [7, 11) is 3.58. The maximum absolute atomic E-state index is 6.41. The third-order valence-electron chi connectivity index (χ3n) is 7.81. The second-order valence-electron chi connectivity index (χ2n) is 10.6. The van der Waals surface area contributed by atoms with Gasteiger partial charge in [0.25, 0.3) is 0 Å². The number of nitrogens with zero attached hydrogens (tertiary/aromatic N) is 8. The first kappa shape index (κ1) is 26.2. The minimum absolute atomic E-state index is 0.233. The monoisotopic (exact) mass is 662 g/mol. The Morgan fingerprint density at radius 1 is 1.02 bits per heavy atom. The number of aromatic nitrogens is 6. The van der Waals surface area contributed by atoms with Crippen molar-refractivity contribution in [1.82, 2.24) is 39.6 Å². The molecule has 12 heteroatoms. The number of fused-ring (bicyclic) bond motifs is 1. The Morgan fingerprint density at radius 3 is 2.51 bits per heavy atom. The number of aryl methyl sites for hydroxylation is 1. The van der Waals surface area contributed by atoms with Gasteiger partial charge in [0.2, 0.25) is 5.88 Å². The molecule has 0 bridgehead atoms. The second kappa shape index (κ2) is 10.6. The molecule has 0 radical (unpaired) electrons. The molecule has 5 aromatic rings. The first-order chi connectivity index (χ1) is 20.0. The van der Waals surface area contributed by atoms with Crippen molar-refractivity contribution in [1.29, 1.82) is 0 Å². The summed E-state index contributed by atoms with van der Waals surface area (Å²) in [5.74, 6) is 2.23. The van der Waals surface area contributed by atoms with Crippen LogP contribution in [-0.4, -0.2) is 74.1 Å². The summed E-state index contributed by atoms with van der Waals surface area (Å²) in [6, 6.07) is 8.87. The fourth-order valence-electron chi connectivity index (χ4n) is 5.60. The molecular formula is C29H31IN10O. The van der Waals surface area contributed by atoms with E-state index in [1.54, 1.807) is 11.8 Å². The van der Waals surface area contributed by atoms with Crippen LogP contribution in [0.5, 0.6) is 5.88 Å². The molecular weight excluding hydrogens is 631 g/mol. The van der Waals surface area contributed by atoms with Crippen LogP contribution >= 0.6 is 22.6 Å². The van der Waals surface area contributed by atoms with Crippen LogP contribution in [0.3, 0.4) is 0 Å². The molecule has 1 atom stereocenters. The molecule has 41 heavy (non-hydrogen) atoms. The van der Waals surface area contributed by atoms with Gasteiger partial charge in [0.15, 0.2) is 5.82 Å². The lowest BCUT2D eigenvalue weighted by Gasteiger charge is -2.35. The van der Waals surface area contributed by atoms with Gasteiger partial charge in [0, 0.05) is 98.9 Å². The minimum Gasteiger partial charge on any atom is -0.480 e. The second-order valence-corrected chi connectivity index (χ2v) is 11.8. The van der Waals surface area contributed by atoms with Crippen LogP contribution in [0.2, 0.25) is 0 Å². The molecule has 2 aliphatic rings. The fourth-order valence-corrected chi connectivity index (χ4v) is 6.36. The SMILES string of the molecule is COc1ncc(CN2CCN(c3ccc(-c4cc(-c5cnn(C)c5)cn5nc(N)c(C6CN6)c45)cn3)CC2)cc1I. The third-order valence-corrected chi connectivity index (χ3v) is 8.58. The van der Waals surface area contributed by atoms with E-state index in [9.17, 15) is 0 Å². The van der Waals surface area contributed by atoms with Gasteiger partial charge in [-0.25, -0.2) is 14.5 Å². The zero-order valence-corrected chi connectivity index (χ0v) is 25.1. The van der Waals surface area contributed by atoms with E-state index in [1.165, 1.54) is 5.56 Å². The summed E-state index contributed by atoms with van der Waals surface area (Å²) in [6.45, 7) is 5.56. The van der Waals surface area contributed by atoms with Crippen LogP contribution < -0.4 is 20.7 Å². The van der Waals surface area contributed by atoms with Crippen LogP contribution in [0.1, 0.15) is 17.2 Å². The number of nitrogens with one attached hydrogen (secondary N) is 1. The van der Waals surface area contributed by atoms with Gasteiger partial charge in [0.05, 0.1) is 28.4 Å². The van der Waals surface area contributed by atoms with Crippen LogP contribution in [0.25, 0.3) is 27.8 Å². The van der Waals surface area contributed by atoms with E-state index in [2.05, 4.69) is 77.2 Å². The third kappa shape index (κ3) is 5.11. The molecule has 210 valence electrons. The normalized spacial score (nSPS) is 17.3. The van der Waals surface area contributed by atoms with Gasteiger partial charge in [-0.2, -0.15) is 10.2 Å². The number of hydrogen-bond donors (Lipinski definition) is 2. The molecule has 2 fully saturated rings. The van der Waals surface area contributed by atoms with Gasteiger partial charge in [-0.15, -0.1) is 0 Å². The average molecular weight is 663 g/mol. The number of ether oxygens (including phenoxy) is 1. The molecule has 0 spiro atoms. The van der Waals surface area contributed by atoms with Crippen molar-refractivity contribution in [3.8, 4) is 28.1 Å². The molecule has 11 nitrogen and oxygen atoms in total. The number of hydrogen-bond acceptors (Lipinski definition) is 9. The van der Waals surface area contributed by atoms with Crippen molar-refractivity contribution in [3.63, 3.8) is 0 Å². The molecule has 2 saturated heterocycles. The Balaban J connectivity index is 1.12. The van der Waals surface area contributed by atoms with Crippen molar-refractivity contribution in [2.24, 2.45) is 7.05 Å². The highest BCUT2D eigenvalue weighted by Gasteiger charge is 2.31. The van der Waals surface area contributed by atoms with Gasteiger partial charge in [0.1, 0.15) is 5.82 Å². The maximum atomic E-state index is 6.41. The molecule has 7 heterocycles. The predicted molar refractivity (Wildman–Crippen MR) is 167 cm³/mol. The predicted octanol–water partition coefficient (Wildman–Crippen LogP) is 3.35. The lowest BCUT2D eigenvalue weighted by molar-refractivity contribution is 0.249. The highest BCUT2D eigenvalue weighted by Crippen LogP contribution is 2.39. The molecule has 7 rings (SSSR count). The summed E-state index contributed by atoms with van der Waals surface area (Å²) in [5, 5.41) is 12.4. The molecule has 0 saturated carbocycles. The first-order valence-electron chi connectivity index (χ1n) is 13.6. The van der Waals surface area contributed by atoms with Gasteiger partial charge >= 0.3 is 0 Å². The Kier molecular flexibility index (Phi) is 6.75. The standard InChI is InChI=1S/C29H31IN10O/c1-37-16-21(13-35-37)20-10-22(27-26(24-14-32-24)28(31)36-40(27)17-20)19-3-4-25(33-12-19)39-7-5-38(6-8-39)15-18-9-23(30)29(41-2)34-11-18/h3-4,9-13,16-17,24,32H,5-8,14-15H2,1-2H3,(H2,31,36). The summed E-state index contributed by atoms with van der Waals surface area (Å²) in [6.07, 6.45) is 9.79. The number of piperazine rings is 1. The highest BCUT2D eigenvalue weighted by atomic mass is 127. The summed E-state index contributed by atoms with van der Waals surface area (Å²) in [5.41, 5.74) is 13.8. The zero-order chi connectivity index (χ0) is 28.1. The number of nitrogens with two attached hydrogens (primary N) is 1. The van der Waals surface area contributed by atoms with Gasteiger partial charge in [-0.3, -0.25) is 9.58 Å². The molecule has 0 aromatic carbocycles. The molecule has 1 unspecified atom stereocenters. The van der Waals surface area contributed by atoms with Gasteiger partial charge in [-0.1, -0.05) is 0 Å². The topological polar surface area (TPSA) is 125 Å². The number of pyridine rings is 3. The summed E-state index contributed by atoms with van der Waals surface area (Å²) >= 11 is 2.28. The number of halogens is 1. The van der Waals surface area contributed by atoms with Crippen molar-refractivity contribution in [3.05, 3.63) is 69.9 Å². The molecule has 0 amide bonds. The van der Waals surface area contributed by atoms with E-state index in [4.69, 9.17) is 15.5 Å². The quantitative estimate of drug-likeness (QED) is 0.200. The molecule has 0 aliphatic carbocycles. The van der Waals surface area contributed by atoms with Crippen LogP contribution in [0, 0.1) is 3.57 Å². The number of nitrogen functional groups attached to an aromatic ring is 1. The van der Waals surface area contributed by atoms with Gasteiger partial charge < -0.3 is 20.7 Å². The fraction of sp³-hybridized carbons (Fsp3) is 0.310. The van der Waals surface area contributed by atoms with Crippen LogP contribution in [0.4, 0.5) is 11.6 Å². The Bertz CT molecular complexity index is 1720. The van der Waals surface area contributed by atoms with Crippen molar-refractivity contribution < 1.29 is 4.74 Å². The Labute approximate surface area is 251 Å². The Morgan fingerprint density at radius 2 is 1.85 bits per heavy atom. The van der Waals surface area contributed by atoms with Crippen LogP contribution in [-0.2, 0) is 13.6 Å². The summed E-state index contributed by atoms with van der Waals surface area (Å²) < 4.78 is 10.0. The Hall–Kier alpha value is -3.75. The number of anilines is 2. The summed E-state index contributed by atoms with van der Waals surface area (Å²) in [4.78, 5) is 14.2. The maximum Gasteiger partial charge on any atom is 0.226 e. The smallest absolute Gasteiger partial charge is 0.226 e. The van der Waals surface area contributed by atoms with E-state index in [1.807, 2.05) is 42.5 Å². The molecule has 5 aromatic heterocycles. The average Bonchev–Trinajstić information content (AvgIpc) is 3.63. The largest absolute Gasteiger partial charge is 0.480 e.